The van der Waals surface area contributed by atoms with Gasteiger partial charge in [-0.15, -0.1) is 0 Å². The van der Waals surface area contributed by atoms with Crippen LogP contribution in [0.4, 0.5) is 0 Å². The van der Waals surface area contributed by atoms with E-state index in [1.54, 1.807) is 31.2 Å². The van der Waals surface area contributed by atoms with Crippen LogP contribution in [0.1, 0.15) is 25.3 Å². The zero-order valence-electron chi connectivity index (χ0n) is 15.8. The fraction of sp³-hybridized carbons (Fsp3) is 0.318. The average molecular weight is 378 g/mol. The zero-order chi connectivity index (χ0) is 20.1. The standard InChI is InChI=1S/C22H22N2O4/c1-3-10-27-17-8-6-16(7-9-17)12-19-15(2)20(13-23)22(26)24(21(19)25)14-18-5-4-11-28-18/h3,6-9,12,18H,1,4-5,10-11,14H2,2H3/b19-12+. The molecule has 1 aromatic rings. The maximum absolute atomic E-state index is 13.0. The molecule has 0 aliphatic carbocycles. The molecule has 2 heterocycles. The Hall–Kier alpha value is -3.17. The van der Waals surface area contributed by atoms with Gasteiger partial charge in [0.1, 0.15) is 24.0 Å². The largest absolute Gasteiger partial charge is 0.490 e. The topological polar surface area (TPSA) is 79.6 Å². The van der Waals surface area contributed by atoms with Gasteiger partial charge in [-0.2, -0.15) is 5.26 Å². The Morgan fingerprint density at radius 2 is 2.07 bits per heavy atom. The molecule has 3 rings (SSSR count). The van der Waals surface area contributed by atoms with E-state index >= 15 is 0 Å². The van der Waals surface area contributed by atoms with Crippen LogP contribution in [0.15, 0.2) is 53.6 Å². The van der Waals surface area contributed by atoms with Gasteiger partial charge in [0.05, 0.1) is 12.6 Å². The van der Waals surface area contributed by atoms with Gasteiger partial charge in [0, 0.05) is 12.2 Å². The second-order valence-electron chi connectivity index (χ2n) is 6.69. The molecule has 2 aliphatic heterocycles. The highest BCUT2D eigenvalue weighted by Crippen LogP contribution is 2.28. The first-order valence-corrected chi connectivity index (χ1v) is 9.19. The predicted molar refractivity (Wildman–Crippen MR) is 104 cm³/mol. The highest BCUT2D eigenvalue weighted by Gasteiger charge is 2.37. The lowest BCUT2D eigenvalue weighted by molar-refractivity contribution is -0.142. The summed E-state index contributed by atoms with van der Waals surface area (Å²) in [6, 6.07) is 9.18. The Labute approximate surface area is 164 Å². The summed E-state index contributed by atoms with van der Waals surface area (Å²) in [5.74, 6) is -0.257. The molecule has 0 saturated carbocycles. The molecule has 0 radical (unpaired) electrons. The molecule has 1 fully saturated rings. The third-order valence-electron chi connectivity index (χ3n) is 4.79. The first-order valence-electron chi connectivity index (χ1n) is 9.19. The van der Waals surface area contributed by atoms with Crippen LogP contribution in [-0.4, -0.2) is 42.6 Å². The van der Waals surface area contributed by atoms with Crippen LogP contribution in [0.3, 0.4) is 0 Å². The van der Waals surface area contributed by atoms with E-state index < -0.39 is 11.8 Å². The van der Waals surface area contributed by atoms with Gasteiger partial charge >= 0.3 is 0 Å². The summed E-state index contributed by atoms with van der Waals surface area (Å²) >= 11 is 0. The highest BCUT2D eigenvalue weighted by atomic mass is 16.5. The summed E-state index contributed by atoms with van der Waals surface area (Å²) in [5, 5.41) is 9.45. The molecule has 0 bridgehead atoms. The zero-order valence-corrected chi connectivity index (χ0v) is 15.8. The van der Waals surface area contributed by atoms with Gasteiger partial charge < -0.3 is 9.47 Å². The van der Waals surface area contributed by atoms with Crippen molar-refractivity contribution in [2.24, 2.45) is 0 Å². The van der Waals surface area contributed by atoms with Gasteiger partial charge in [-0.3, -0.25) is 14.5 Å². The Bertz CT molecular complexity index is 884. The van der Waals surface area contributed by atoms with Gasteiger partial charge in [0.25, 0.3) is 11.8 Å². The van der Waals surface area contributed by atoms with Crippen molar-refractivity contribution in [3.05, 3.63) is 59.2 Å². The number of hydrogen-bond acceptors (Lipinski definition) is 5. The average Bonchev–Trinajstić information content (AvgIpc) is 3.21. The van der Waals surface area contributed by atoms with Crippen LogP contribution in [0.5, 0.6) is 5.75 Å². The second-order valence-corrected chi connectivity index (χ2v) is 6.69. The molecular weight excluding hydrogens is 356 g/mol. The minimum atomic E-state index is -0.550. The summed E-state index contributed by atoms with van der Waals surface area (Å²) in [5.41, 5.74) is 1.51. The molecule has 0 aromatic heterocycles. The lowest BCUT2D eigenvalue weighted by Crippen LogP contribution is -2.46. The monoisotopic (exact) mass is 378 g/mol. The van der Waals surface area contributed by atoms with E-state index in [2.05, 4.69) is 6.58 Å². The third-order valence-corrected chi connectivity index (χ3v) is 4.79. The Balaban J connectivity index is 1.91. The molecule has 0 N–H and O–H groups in total. The summed E-state index contributed by atoms with van der Waals surface area (Å²) < 4.78 is 11.0. The first-order chi connectivity index (χ1) is 13.5. The van der Waals surface area contributed by atoms with Crippen LogP contribution in [-0.2, 0) is 14.3 Å². The number of nitriles is 1. The normalized spacial score (nSPS) is 21.2. The number of ether oxygens (including phenoxy) is 2. The number of nitrogens with zero attached hydrogens (tertiary/aromatic N) is 2. The number of carbonyl (C=O) groups excluding carboxylic acids is 2. The van der Waals surface area contributed by atoms with Gasteiger partial charge in [-0.1, -0.05) is 24.8 Å². The van der Waals surface area contributed by atoms with Crippen LogP contribution in [0.2, 0.25) is 0 Å². The van der Waals surface area contributed by atoms with E-state index in [4.69, 9.17) is 9.47 Å². The highest BCUT2D eigenvalue weighted by molar-refractivity contribution is 6.19. The molecule has 144 valence electrons. The lowest BCUT2D eigenvalue weighted by Gasteiger charge is -2.29. The Kier molecular flexibility index (Phi) is 6.07. The minimum absolute atomic E-state index is 0.00483. The van der Waals surface area contributed by atoms with E-state index in [-0.39, 0.29) is 18.2 Å². The van der Waals surface area contributed by atoms with Crippen molar-refractivity contribution < 1.29 is 19.1 Å². The van der Waals surface area contributed by atoms with Crippen LogP contribution >= 0.6 is 0 Å². The Morgan fingerprint density at radius 3 is 2.68 bits per heavy atom. The lowest BCUT2D eigenvalue weighted by atomic mass is 9.93. The quantitative estimate of drug-likeness (QED) is 0.432. The molecular formula is C22H22N2O4. The number of benzene rings is 1. The minimum Gasteiger partial charge on any atom is -0.490 e. The molecule has 2 aliphatic rings. The van der Waals surface area contributed by atoms with Crippen molar-refractivity contribution in [3.8, 4) is 11.8 Å². The number of carbonyl (C=O) groups is 2. The van der Waals surface area contributed by atoms with E-state index in [0.717, 1.165) is 23.3 Å². The SMILES string of the molecule is C=CCOc1ccc(/C=C2/C(=O)N(CC3CCCO3)C(=O)C(C#N)=C2C)cc1. The summed E-state index contributed by atoms with van der Waals surface area (Å²) in [4.78, 5) is 26.8. The van der Waals surface area contributed by atoms with Crippen molar-refractivity contribution in [1.29, 1.82) is 5.26 Å². The number of imide groups is 1. The molecule has 2 amide bonds. The van der Waals surface area contributed by atoms with Crippen LogP contribution in [0.25, 0.3) is 6.08 Å². The van der Waals surface area contributed by atoms with Crippen molar-refractivity contribution in [2.75, 3.05) is 19.8 Å². The predicted octanol–water partition coefficient (Wildman–Crippen LogP) is 3.02. The van der Waals surface area contributed by atoms with Crippen molar-refractivity contribution in [1.82, 2.24) is 4.90 Å². The molecule has 1 unspecified atom stereocenters. The summed E-state index contributed by atoms with van der Waals surface area (Å²) in [6.45, 7) is 6.44. The van der Waals surface area contributed by atoms with E-state index in [1.807, 2.05) is 18.2 Å². The second kappa shape index (κ2) is 8.68. The van der Waals surface area contributed by atoms with Crippen LogP contribution < -0.4 is 4.74 Å². The molecule has 6 heteroatoms. The fourth-order valence-electron chi connectivity index (χ4n) is 3.27. The van der Waals surface area contributed by atoms with E-state index in [9.17, 15) is 14.9 Å². The number of rotatable bonds is 6. The van der Waals surface area contributed by atoms with E-state index in [1.165, 1.54) is 0 Å². The van der Waals surface area contributed by atoms with Gasteiger partial charge in [0.2, 0.25) is 0 Å². The number of amides is 2. The van der Waals surface area contributed by atoms with E-state index in [0.29, 0.717) is 30.1 Å². The van der Waals surface area contributed by atoms with Crippen molar-refractivity contribution in [2.45, 2.75) is 25.9 Å². The molecule has 6 nitrogen and oxygen atoms in total. The molecule has 1 atom stereocenters. The smallest absolute Gasteiger partial charge is 0.271 e. The van der Waals surface area contributed by atoms with Crippen molar-refractivity contribution >= 4 is 17.9 Å². The maximum atomic E-state index is 13.0. The summed E-state index contributed by atoms with van der Waals surface area (Å²) in [7, 11) is 0. The fourth-order valence-corrected chi connectivity index (χ4v) is 3.27. The molecule has 0 spiro atoms. The van der Waals surface area contributed by atoms with Crippen molar-refractivity contribution in [3.63, 3.8) is 0 Å². The third kappa shape index (κ3) is 4.05. The van der Waals surface area contributed by atoms with Gasteiger partial charge in [-0.25, -0.2) is 0 Å². The first kappa shape index (κ1) is 19.6. The Morgan fingerprint density at radius 1 is 1.32 bits per heavy atom. The van der Waals surface area contributed by atoms with Gasteiger partial charge in [-0.05, 0) is 49.1 Å². The molecule has 28 heavy (non-hydrogen) atoms. The summed E-state index contributed by atoms with van der Waals surface area (Å²) in [6.07, 6.45) is 4.89. The van der Waals surface area contributed by atoms with Gasteiger partial charge in [0.15, 0.2) is 0 Å². The van der Waals surface area contributed by atoms with Crippen LogP contribution in [0, 0.1) is 11.3 Å². The molecule has 1 saturated heterocycles. The maximum Gasteiger partial charge on any atom is 0.271 e. The number of hydrogen-bond donors (Lipinski definition) is 0. The molecule has 1 aromatic carbocycles.